The van der Waals surface area contributed by atoms with Crippen LogP contribution in [-0.2, 0) is 11.8 Å². The van der Waals surface area contributed by atoms with E-state index < -0.39 is 0 Å². The lowest BCUT2D eigenvalue weighted by Crippen LogP contribution is -2.37. The number of aromatic nitrogens is 2. The molecule has 0 radical (unpaired) electrons. The predicted octanol–water partition coefficient (Wildman–Crippen LogP) is 1.65. The van der Waals surface area contributed by atoms with E-state index in [1.165, 1.54) is 6.42 Å². The standard InChI is InChI=1S/C13H23N3O2/c1-4-14-12(10-7-5-6-8-18-10)13-11(17-3)9-15-16(13)2/h9-10,12,14H,4-8H2,1-3H3. The molecule has 0 bridgehead atoms. The predicted molar refractivity (Wildman–Crippen MR) is 69.8 cm³/mol. The smallest absolute Gasteiger partial charge is 0.161 e. The summed E-state index contributed by atoms with van der Waals surface area (Å²) in [6.07, 6.45) is 5.46. The van der Waals surface area contributed by atoms with E-state index >= 15 is 0 Å². The number of nitrogens with zero attached hydrogens (tertiary/aromatic N) is 2. The van der Waals surface area contributed by atoms with Crippen LogP contribution in [-0.4, -0.2) is 36.1 Å². The molecule has 0 amide bonds. The number of aryl methyl sites for hydroxylation is 1. The Kier molecular flexibility index (Phi) is 4.60. The second-order valence-electron chi connectivity index (χ2n) is 4.66. The quantitative estimate of drug-likeness (QED) is 0.867. The molecule has 0 aromatic carbocycles. The molecule has 5 nitrogen and oxygen atoms in total. The number of nitrogens with one attached hydrogen (secondary N) is 1. The highest BCUT2D eigenvalue weighted by Crippen LogP contribution is 2.31. The van der Waals surface area contributed by atoms with Crippen molar-refractivity contribution >= 4 is 0 Å². The van der Waals surface area contributed by atoms with E-state index in [0.717, 1.165) is 37.4 Å². The van der Waals surface area contributed by atoms with Gasteiger partial charge in [-0.15, -0.1) is 0 Å². The van der Waals surface area contributed by atoms with Crippen LogP contribution < -0.4 is 10.1 Å². The first-order chi connectivity index (χ1) is 8.77. The van der Waals surface area contributed by atoms with Gasteiger partial charge in [0.25, 0.3) is 0 Å². The van der Waals surface area contributed by atoms with Crippen LogP contribution in [0, 0.1) is 0 Å². The highest BCUT2D eigenvalue weighted by molar-refractivity contribution is 5.29. The molecule has 0 spiro atoms. The van der Waals surface area contributed by atoms with E-state index in [2.05, 4.69) is 17.3 Å². The zero-order valence-corrected chi connectivity index (χ0v) is 11.5. The summed E-state index contributed by atoms with van der Waals surface area (Å²) >= 11 is 0. The fourth-order valence-electron chi connectivity index (χ4n) is 2.59. The van der Waals surface area contributed by atoms with Gasteiger partial charge in [-0.2, -0.15) is 5.10 Å². The molecule has 1 aromatic heterocycles. The van der Waals surface area contributed by atoms with E-state index in [1.54, 1.807) is 13.3 Å². The summed E-state index contributed by atoms with van der Waals surface area (Å²) in [4.78, 5) is 0. The van der Waals surface area contributed by atoms with Crippen molar-refractivity contribution in [3.63, 3.8) is 0 Å². The van der Waals surface area contributed by atoms with E-state index in [9.17, 15) is 0 Å². The van der Waals surface area contributed by atoms with Crippen molar-refractivity contribution in [2.24, 2.45) is 7.05 Å². The Bertz CT molecular complexity index is 372. The minimum absolute atomic E-state index is 0.151. The Labute approximate surface area is 108 Å². The summed E-state index contributed by atoms with van der Waals surface area (Å²) in [5, 5.41) is 7.79. The molecule has 18 heavy (non-hydrogen) atoms. The van der Waals surface area contributed by atoms with Gasteiger partial charge in [0.05, 0.1) is 31.1 Å². The van der Waals surface area contributed by atoms with Gasteiger partial charge in [-0.25, -0.2) is 0 Å². The van der Waals surface area contributed by atoms with Crippen LogP contribution in [0.2, 0.25) is 0 Å². The molecule has 0 aliphatic carbocycles. The molecule has 1 fully saturated rings. The van der Waals surface area contributed by atoms with Gasteiger partial charge in [-0.3, -0.25) is 4.68 Å². The monoisotopic (exact) mass is 253 g/mol. The van der Waals surface area contributed by atoms with Gasteiger partial charge in [0.1, 0.15) is 0 Å². The summed E-state index contributed by atoms with van der Waals surface area (Å²) < 4.78 is 13.2. The SMILES string of the molecule is CCNC(c1c(OC)cnn1C)C1CCCCO1. The number of likely N-dealkylation sites (N-methyl/N-ethyl adjacent to an activating group) is 1. The third kappa shape index (κ3) is 2.67. The zero-order valence-electron chi connectivity index (χ0n) is 11.5. The minimum Gasteiger partial charge on any atom is -0.493 e. The number of methoxy groups -OCH3 is 1. The summed E-state index contributed by atoms with van der Waals surface area (Å²) in [7, 11) is 3.64. The first-order valence-electron chi connectivity index (χ1n) is 6.68. The molecule has 2 atom stereocenters. The van der Waals surface area contributed by atoms with Gasteiger partial charge < -0.3 is 14.8 Å². The molecule has 102 valence electrons. The number of ether oxygens (including phenoxy) is 2. The highest BCUT2D eigenvalue weighted by atomic mass is 16.5. The molecule has 1 saturated heterocycles. The Hall–Kier alpha value is -1.07. The number of rotatable bonds is 5. The van der Waals surface area contributed by atoms with Crippen LogP contribution in [0.25, 0.3) is 0 Å². The van der Waals surface area contributed by atoms with Crippen LogP contribution in [0.5, 0.6) is 5.75 Å². The molecule has 2 heterocycles. The van der Waals surface area contributed by atoms with Crippen molar-refractivity contribution < 1.29 is 9.47 Å². The van der Waals surface area contributed by atoms with E-state index in [0.29, 0.717) is 0 Å². The molecule has 0 saturated carbocycles. The lowest BCUT2D eigenvalue weighted by Gasteiger charge is -2.31. The summed E-state index contributed by atoms with van der Waals surface area (Å²) in [6.45, 7) is 3.87. The minimum atomic E-state index is 0.151. The van der Waals surface area contributed by atoms with E-state index in [1.807, 2.05) is 11.7 Å². The Balaban J connectivity index is 2.24. The second kappa shape index (κ2) is 6.20. The molecular weight excluding hydrogens is 230 g/mol. The van der Waals surface area contributed by atoms with Crippen LogP contribution in [0.1, 0.15) is 37.9 Å². The molecule has 1 aliphatic heterocycles. The van der Waals surface area contributed by atoms with Crippen molar-refractivity contribution in [1.82, 2.24) is 15.1 Å². The maximum absolute atomic E-state index is 5.91. The first-order valence-corrected chi connectivity index (χ1v) is 6.68. The van der Waals surface area contributed by atoms with Gasteiger partial charge in [-0.1, -0.05) is 6.92 Å². The molecular formula is C13H23N3O2. The normalized spacial score (nSPS) is 21.8. The summed E-state index contributed by atoms with van der Waals surface area (Å²) in [5.41, 5.74) is 1.08. The highest BCUT2D eigenvalue weighted by Gasteiger charge is 2.30. The largest absolute Gasteiger partial charge is 0.493 e. The van der Waals surface area contributed by atoms with Crippen molar-refractivity contribution in [3.05, 3.63) is 11.9 Å². The van der Waals surface area contributed by atoms with E-state index in [-0.39, 0.29) is 12.1 Å². The third-order valence-corrected chi connectivity index (χ3v) is 3.47. The van der Waals surface area contributed by atoms with Crippen molar-refractivity contribution in [3.8, 4) is 5.75 Å². The first kappa shape index (κ1) is 13.4. The Morgan fingerprint density at radius 3 is 3.06 bits per heavy atom. The summed E-state index contributed by atoms with van der Waals surface area (Å²) in [5.74, 6) is 0.831. The van der Waals surface area contributed by atoms with Gasteiger partial charge in [-0.05, 0) is 25.8 Å². The molecule has 1 aliphatic rings. The Morgan fingerprint density at radius 1 is 1.61 bits per heavy atom. The lowest BCUT2D eigenvalue weighted by atomic mass is 9.99. The van der Waals surface area contributed by atoms with Crippen LogP contribution >= 0.6 is 0 Å². The van der Waals surface area contributed by atoms with Gasteiger partial charge in [0, 0.05) is 13.7 Å². The fourth-order valence-corrected chi connectivity index (χ4v) is 2.59. The lowest BCUT2D eigenvalue weighted by molar-refractivity contribution is -0.00995. The fraction of sp³-hybridized carbons (Fsp3) is 0.769. The van der Waals surface area contributed by atoms with Gasteiger partial charge in [0.15, 0.2) is 5.75 Å². The maximum atomic E-state index is 5.91. The van der Waals surface area contributed by atoms with Gasteiger partial charge >= 0.3 is 0 Å². The van der Waals surface area contributed by atoms with Crippen LogP contribution in [0.3, 0.4) is 0 Å². The molecule has 2 rings (SSSR count). The van der Waals surface area contributed by atoms with Crippen molar-refractivity contribution in [1.29, 1.82) is 0 Å². The van der Waals surface area contributed by atoms with Crippen molar-refractivity contribution in [2.45, 2.75) is 38.3 Å². The number of hydrogen-bond acceptors (Lipinski definition) is 4. The maximum Gasteiger partial charge on any atom is 0.161 e. The number of hydrogen-bond donors (Lipinski definition) is 1. The van der Waals surface area contributed by atoms with Crippen LogP contribution in [0.4, 0.5) is 0 Å². The average molecular weight is 253 g/mol. The average Bonchev–Trinajstić information content (AvgIpc) is 2.78. The Morgan fingerprint density at radius 2 is 2.44 bits per heavy atom. The molecule has 5 heteroatoms. The van der Waals surface area contributed by atoms with Crippen molar-refractivity contribution in [2.75, 3.05) is 20.3 Å². The van der Waals surface area contributed by atoms with E-state index in [4.69, 9.17) is 9.47 Å². The second-order valence-corrected chi connectivity index (χ2v) is 4.66. The zero-order chi connectivity index (χ0) is 13.0. The van der Waals surface area contributed by atoms with Crippen LogP contribution in [0.15, 0.2) is 6.20 Å². The molecule has 1 aromatic rings. The topological polar surface area (TPSA) is 48.3 Å². The molecule has 1 N–H and O–H groups in total. The van der Waals surface area contributed by atoms with Gasteiger partial charge in [0.2, 0.25) is 0 Å². The third-order valence-electron chi connectivity index (χ3n) is 3.47. The summed E-state index contributed by atoms with van der Waals surface area (Å²) in [6, 6.07) is 0.151. The molecule has 2 unspecified atom stereocenters.